The van der Waals surface area contributed by atoms with Gasteiger partial charge in [0.25, 0.3) is 10.0 Å². The Bertz CT molecular complexity index is 998. The van der Waals surface area contributed by atoms with E-state index < -0.39 is 33.8 Å². The lowest BCUT2D eigenvalue weighted by Gasteiger charge is -2.16. The molecule has 2 aromatic carbocycles. The number of hydrogen-bond acceptors (Lipinski definition) is 5. The van der Waals surface area contributed by atoms with Gasteiger partial charge < -0.3 is 4.74 Å². The number of Topliss-reactive ketones (excluding diaryl/α,β-unsaturated/α-hetero) is 1. The summed E-state index contributed by atoms with van der Waals surface area (Å²) in [5.41, 5.74) is -0.726. The van der Waals surface area contributed by atoms with Crippen LogP contribution in [0.2, 0.25) is 5.02 Å². The number of ether oxygens (including phenoxy) is 1. The summed E-state index contributed by atoms with van der Waals surface area (Å²) in [5, 5.41) is -0.0195. The van der Waals surface area contributed by atoms with E-state index in [1.165, 1.54) is 24.3 Å². The zero-order valence-electron chi connectivity index (χ0n) is 15.5. The molecule has 0 aliphatic rings. The van der Waals surface area contributed by atoms with Gasteiger partial charge >= 0.3 is 5.97 Å². The summed E-state index contributed by atoms with van der Waals surface area (Å²) in [6.07, 6.45) is 0. The van der Waals surface area contributed by atoms with E-state index in [4.69, 9.17) is 16.3 Å². The van der Waals surface area contributed by atoms with Gasteiger partial charge in [0.2, 0.25) is 0 Å². The molecule has 28 heavy (non-hydrogen) atoms. The highest BCUT2D eigenvalue weighted by molar-refractivity contribution is 7.92. The Morgan fingerprint density at radius 2 is 1.71 bits per heavy atom. The van der Waals surface area contributed by atoms with Crippen molar-refractivity contribution >= 4 is 39.1 Å². The monoisotopic (exact) mass is 427 g/mol. The van der Waals surface area contributed by atoms with Crippen molar-refractivity contribution in [3.63, 3.8) is 0 Å². The molecule has 150 valence electrons. The second kappa shape index (κ2) is 8.28. The van der Waals surface area contributed by atoms with Crippen LogP contribution in [0, 0.1) is 11.2 Å². The van der Waals surface area contributed by atoms with E-state index >= 15 is 0 Å². The third-order valence-corrected chi connectivity index (χ3v) is 5.44. The average Bonchev–Trinajstić information content (AvgIpc) is 2.60. The van der Waals surface area contributed by atoms with Crippen molar-refractivity contribution in [1.82, 2.24) is 0 Å². The van der Waals surface area contributed by atoms with Crippen LogP contribution < -0.4 is 4.72 Å². The van der Waals surface area contributed by atoms with Crippen LogP contribution in [0.15, 0.2) is 47.4 Å². The van der Waals surface area contributed by atoms with Crippen molar-refractivity contribution in [3.8, 4) is 0 Å². The molecule has 9 heteroatoms. The quantitative estimate of drug-likeness (QED) is 0.702. The molecule has 0 aromatic heterocycles. The van der Waals surface area contributed by atoms with E-state index in [0.717, 1.165) is 18.2 Å². The summed E-state index contributed by atoms with van der Waals surface area (Å²) in [5.74, 6) is -1.72. The molecule has 0 amide bonds. The number of carbonyl (C=O) groups is 2. The van der Waals surface area contributed by atoms with Gasteiger partial charge in [0, 0.05) is 11.1 Å². The highest BCUT2D eigenvalue weighted by Gasteiger charge is 2.24. The molecular formula is C19H19ClFNO5S. The molecule has 0 saturated heterocycles. The third-order valence-electron chi connectivity index (χ3n) is 3.74. The summed E-state index contributed by atoms with van der Waals surface area (Å²) in [4.78, 5) is 23.9. The molecule has 0 radical (unpaired) electrons. The lowest BCUT2D eigenvalue weighted by atomic mass is 9.91. The van der Waals surface area contributed by atoms with Crippen molar-refractivity contribution in [2.45, 2.75) is 25.7 Å². The van der Waals surface area contributed by atoms with E-state index in [9.17, 15) is 22.4 Å². The molecule has 0 unspecified atom stereocenters. The molecule has 0 saturated carbocycles. The Morgan fingerprint density at radius 3 is 2.29 bits per heavy atom. The van der Waals surface area contributed by atoms with Crippen molar-refractivity contribution in [2.75, 3.05) is 11.3 Å². The van der Waals surface area contributed by atoms with Crippen molar-refractivity contribution in [1.29, 1.82) is 0 Å². The van der Waals surface area contributed by atoms with Crippen LogP contribution in [0.5, 0.6) is 0 Å². The Labute approximate surface area is 167 Å². The Morgan fingerprint density at radius 1 is 1.11 bits per heavy atom. The van der Waals surface area contributed by atoms with E-state index in [1.807, 2.05) is 0 Å². The second-order valence-electron chi connectivity index (χ2n) is 7.00. The van der Waals surface area contributed by atoms with Crippen molar-refractivity contribution in [3.05, 3.63) is 58.9 Å². The molecule has 6 nitrogen and oxygen atoms in total. The predicted octanol–water partition coefficient (Wildman–Crippen LogP) is 4.05. The van der Waals surface area contributed by atoms with Crippen molar-refractivity contribution in [2.24, 2.45) is 5.41 Å². The van der Waals surface area contributed by atoms with Crippen LogP contribution in [0.3, 0.4) is 0 Å². The number of anilines is 1. The Hall–Kier alpha value is -2.45. The lowest BCUT2D eigenvalue weighted by Crippen LogP contribution is -2.26. The van der Waals surface area contributed by atoms with Gasteiger partial charge in [0.1, 0.15) is 5.82 Å². The number of carbonyl (C=O) groups excluding carboxylic acids is 2. The van der Waals surface area contributed by atoms with E-state index in [0.29, 0.717) is 0 Å². The normalized spacial score (nSPS) is 11.8. The number of benzene rings is 2. The number of ketones is 1. The zero-order chi connectivity index (χ0) is 21.1. The number of nitrogens with one attached hydrogen (secondary N) is 1. The maximum Gasteiger partial charge on any atom is 0.340 e. The fourth-order valence-electron chi connectivity index (χ4n) is 1.99. The molecular weight excluding hydrogens is 409 g/mol. The fourth-order valence-corrected chi connectivity index (χ4v) is 3.26. The van der Waals surface area contributed by atoms with Crippen LogP contribution in [0.25, 0.3) is 0 Å². The first-order valence-corrected chi connectivity index (χ1v) is 10.0. The summed E-state index contributed by atoms with van der Waals surface area (Å²) < 4.78 is 45.2. The number of esters is 1. The van der Waals surface area contributed by atoms with Crippen LogP contribution >= 0.6 is 11.6 Å². The summed E-state index contributed by atoms with van der Waals surface area (Å²) >= 11 is 5.98. The van der Waals surface area contributed by atoms with Gasteiger partial charge in [0.05, 0.1) is 15.5 Å². The number of sulfonamides is 1. The topological polar surface area (TPSA) is 89.5 Å². The highest BCUT2D eigenvalue weighted by atomic mass is 35.5. The van der Waals surface area contributed by atoms with Gasteiger partial charge in [-0.05, 0) is 42.5 Å². The van der Waals surface area contributed by atoms with Crippen LogP contribution in [0.4, 0.5) is 10.1 Å². The molecule has 0 heterocycles. The summed E-state index contributed by atoms with van der Waals surface area (Å²) in [7, 11) is -4.06. The van der Waals surface area contributed by atoms with E-state index in [-0.39, 0.29) is 27.0 Å². The third kappa shape index (κ3) is 5.53. The van der Waals surface area contributed by atoms with Gasteiger partial charge in [-0.2, -0.15) is 0 Å². The minimum absolute atomic E-state index is 0.0195. The number of halogens is 2. The first-order chi connectivity index (χ1) is 12.9. The van der Waals surface area contributed by atoms with Crippen LogP contribution in [-0.4, -0.2) is 26.8 Å². The van der Waals surface area contributed by atoms with Crippen LogP contribution in [0.1, 0.15) is 31.1 Å². The van der Waals surface area contributed by atoms with Gasteiger partial charge in [-0.25, -0.2) is 17.6 Å². The van der Waals surface area contributed by atoms with Crippen molar-refractivity contribution < 1.29 is 27.1 Å². The maximum atomic E-state index is 13.0. The highest BCUT2D eigenvalue weighted by Crippen LogP contribution is 2.24. The van der Waals surface area contributed by atoms with Crippen LogP contribution in [-0.2, 0) is 19.6 Å². The Kier molecular flexibility index (Phi) is 6.46. The minimum atomic E-state index is -4.06. The first-order valence-electron chi connectivity index (χ1n) is 8.18. The van der Waals surface area contributed by atoms with Gasteiger partial charge in [-0.1, -0.05) is 32.4 Å². The molecule has 2 aromatic rings. The standard InChI is InChI=1S/C19H19ClFNO5S/c1-19(2,3)17(23)11-27-18(24)15-10-14(8-9-16(15)20)28(25,26)22-13-6-4-12(21)5-7-13/h4-10,22H,11H2,1-3H3. The van der Waals surface area contributed by atoms with Gasteiger partial charge in [-0.3, -0.25) is 9.52 Å². The zero-order valence-corrected chi connectivity index (χ0v) is 17.0. The second-order valence-corrected chi connectivity index (χ2v) is 9.09. The molecule has 0 aliphatic carbocycles. The van der Waals surface area contributed by atoms with Gasteiger partial charge in [-0.15, -0.1) is 0 Å². The molecule has 0 bridgehead atoms. The molecule has 0 fully saturated rings. The summed E-state index contributed by atoms with van der Waals surface area (Å²) in [6, 6.07) is 8.24. The average molecular weight is 428 g/mol. The molecule has 0 atom stereocenters. The molecule has 2 rings (SSSR count). The number of rotatable bonds is 6. The lowest BCUT2D eigenvalue weighted by molar-refractivity contribution is -0.129. The largest absolute Gasteiger partial charge is 0.454 e. The van der Waals surface area contributed by atoms with Gasteiger partial charge in [0.15, 0.2) is 12.4 Å². The molecule has 1 N–H and O–H groups in total. The first kappa shape index (κ1) is 21.8. The smallest absolute Gasteiger partial charge is 0.340 e. The van der Waals surface area contributed by atoms with E-state index in [1.54, 1.807) is 20.8 Å². The maximum absolute atomic E-state index is 13.0. The minimum Gasteiger partial charge on any atom is -0.454 e. The molecule has 0 spiro atoms. The van der Waals surface area contributed by atoms with E-state index in [2.05, 4.69) is 4.72 Å². The molecule has 0 aliphatic heterocycles. The predicted molar refractivity (Wildman–Crippen MR) is 103 cm³/mol. The Balaban J connectivity index is 2.22. The number of hydrogen-bond donors (Lipinski definition) is 1. The summed E-state index contributed by atoms with van der Waals surface area (Å²) in [6.45, 7) is 4.60. The SMILES string of the molecule is CC(C)(C)C(=O)COC(=O)c1cc(S(=O)(=O)Nc2ccc(F)cc2)ccc1Cl. The fraction of sp³-hybridized carbons (Fsp3) is 0.263.